The van der Waals surface area contributed by atoms with Crippen LogP contribution in [-0.4, -0.2) is 30.1 Å². The van der Waals surface area contributed by atoms with Gasteiger partial charge in [0.1, 0.15) is 11.4 Å². The van der Waals surface area contributed by atoms with E-state index in [0.717, 1.165) is 25.4 Å². The van der Waals surface area contributed by atoms with Gasteiger partial charge in [0.05, 0.1) is 0 Å². The minimum Gasteiger partial charge on any atom is -0.462 e. The van der Waals surface area contributed by atoms with Crippen molar-refractivity contribution in [1.82, 2.24) is 10.3 Å². The predicted molar refractivity (Wildman–Crippen MR) is 84.8 cm³/mol. The van der Waals surface area contributed by atoms with Gasteiger partial charge in [-0.25, -0.2) is 4.98 Å². The van der Waals surface area contributed by atoms with Crippen LogP contribution in [-0.2, 0) is 16.0 Å². The highest BCUT2D eigenvalue weighted by Gasteiger charge is 2.13. The maximum absolute atomic E-state index is 9.60. The smallest absolute Gasteiger partial charge is 0.293 e. The molecule has 0 saturated carbocycles. The lowest BCUT2D eigenvalue weighted by molar-refractivity contribution is -0.138. The number of nitrogens with two attached hydrogens (primary N) is 1. The molecule has 118 valence electrons. The van der Waals surface area contributed by atoms with Gasteiger partial charge in [0.25, 0.3) is 6.47 Å². The van der Waals surface area contributed by atoms with Crippen LogP contribution in [0.15, 0.2) is 18.3 Å². The maximum Gasteiger partial charge on any atom is 0.293 e. The molecule has 5 heteroatoms. The average molecular weight is 293 g/mol. The number of piperidine rings is 1. The minimum absolute atomic E-state index is 0.318. The number of hydrogen-bond acceptors (Lipinski definition) is 5. The molecule has 0 bridgehead atoms. The van der Waals surface area contributed by atoms with Crippen LogP contribution in [0.25, 0.3) is 0 Å². The summed E-state index contributed by atoms with van der Waals surface area (Å²) in [7, 11) is 0. The fourth-order valence-electron chi connectivity index (χ4n) is 2.12. The van der Waals surface area contributed by atoms with Gasteiger partial charge in [0.2, 0.25) is 0 Å². The predicted octanol–water partition coefficient (Wildman–Crippen LogP) is 2.16. The van der Waals surface area contributed by atoms with E-state index in [0.29, 0.717) is 12.3 Å². The van der Waals surface area contributed by atoms with E-state index in [4.69, 9.17) is 5.73 Å². The van der Waals surface area contributed by atoms with Crippen molar-refractivity contribution in [3.05, 3.63) is 23.9 Å². The summed E-state index contributed by atoms with van der Waals surface area (Å²) in [4.78, 5) is 13.7. The molecular weight excluding hydrogens is 266 g/mol. The van der Waals surface area contributed by atoms with Gasteiger partial charge in [-0.05, 0) is 70.7 Å². The zero-order valence-corrected chi connectivity index (χ0v) is 13.3. The van der Waals surface area contributed by atoms with Crippen LogP contribution >= 0.6 is 0 Å². The number of nitrogen functional groups attached to an aromatic ring is 1. The van der Waals surface area contributed by atoms with Crippen molar-refractivity contribution in [2.24, 2.45) is 5.92 Å². The number of ether oxygens (including phenoxy) is 1. The largest absolute Gasteiger partial charge is 0.462 e. The van der Waals surface area contributed by atoms with E-state index >= 15 is 0 Å². The van der Waals surface area contributed by atoms with Gasteiger partial charge >= 0.3 is 0 Å². The number of aromatic nitrogens is 1. The second-order valence-electron chi connectivity index (χ2n) is 6.32. The van der Waals surface area contributed by atoms with Crippen molar-refractivity contribution < 1.29 is 9.53 Å². The lowest BCUT2D eigenvalue weighted by Gasteiger charge is -2.22. The number of carbonyl (C=O) groups excluding carboxylic acids is 1. The lowest BCUT2D eigenvalue weighted by atomic mass is 9.92. The van der Waals surface area contributed by atoms with Gasteiger partial charge in [0, 0.05) is 6.20 Å². The minimum atomic E-state index is -0.318. The van der Waals surface area contributed by atoms with Crippen LogP contribution in [0.3, 0.4) is 0 Å². The number of nitrogens with zero attached hydrogens (tertiary/aromatic N) is 1. The Kier molecular flexibility index (Phi) is 7.15. The highest BCUT2D eigenvalue weighted by atomic mass is 16.5. The van der Waals surface area contributed by atoms with Crippen molar-refractivity contribution >= 4 is 12.3 Å². The van der Waals surface area contributed by atoms with E-state index in [1.165, 1.54) is 18.4 Å². The van der Waals surface area contributed by atoms with Crippen molar-refractivity contribution in [3.8, 4) is 0 Å². The van der Waals surface area contributed by atoms with Crippen LogP contribution in [0, 0.1) is 5.92 Å². The third-order valence-electron chi connectivity index (χ3n) is 3.23. The molecule has 1 aromatic heterocycles. The van der Waals surface area contributed by atoms with Gasteiger partial charge < -0.3 is 15.8 Å². The third-order valence-corrected chi connectivity index (χ3v) is 3.23. The molecule has 1 aliphatic rings. The number of nitrogens with one attached hydrogen (secondary N) is 1. The molecular formula is C16H27N3O2. The monoisotopic (exact) mass is 293 g/mol. The Morgan fingerprint density at radius 1 is 1.38 bits per heavy atom. The molecule has 0 atom stereocenters. The Balaban J connectivity index is 0.000000270. The third kappa shape index (κ3) is 8.30. The molecule has 21 heavy (non-hydrogen) atoms. The SMILES string of the molecule is CC(C)(C)OC=O.Nc1ccc(CC2CCNCC2)cn1. The first kappa shape index (κ1) is 17.4. The highest BCUT2D eigenvalue weighted by Crippen LogP contribution is 2.17. The molecule has 3 N–H and O–H groups in total. The summed E-state index contributed by atoms with van der Waals surface area (Å²) in [5, 5.41) is 3.37. The summed E-state index contributed by atoms with van der Waals surface area (Å²) >= 11 is 0. The number of rotatable bonds is 3. The fraction of sp³-hybridized carbons (Fsp3) is 0.625. The first-order chi connectivity index (χ1) is 9.90. The summed E-state index contributed by atoms with van der Waals surface area (Å²) in [6.45, 7) is 8.24. The van der Waals surface area contributed by atoms with Crippen molar-refractivity contribution in [1.29, 1.82) is 0 Å². The zero-order valence-electron chi connectivity index (χ0n) is 13.3. The van der Waals surface area contributed by atoms with Crippen molar-refractivity contribution in [2.45, 2.75) is 45.6 Å². The number of hydrogen-bond donors (Lipinski definition) is 2. The molecule has 2 heterocycles. The summed E-state index contributed by atoms with van der Waals surface area (Å²) in [6.07, 6.45) is 5.61. The Bertz CT molecular complexity index is 407. The van der Waals surface area contributed by atoms with Gasteiger partial charge in [0.15, 0.2) is 0 Å². The van der Waals surface area contributed by atoms with Gasteiger partial charge in [-0.15, -0.1) is 0 Å². The molecule has 5 nitrogen and oxygen atoms in total. The fourth-order valence-corrected chi connectivity index (χ4v) is 2.12. The molecule has 0 aliphatic carbocycles. The lowest BCUT2D eigenvalue weighted by Crippen LogP contribution is -2.28. The number of pyridine rings is 1. The summed E-state index contributed by atoms with van der Waals surface area (Å²) in [5.74, 6) is 1.43. The second-order valence-corrected chi connectivity index (χ2v) is 6.32. The molecule has 1 fully saturated rings. The molecule has 0 aromatic carbocycles. The Morgan fingerprint density at radius 3 is 2.48 bits per heavy atom. The zero-order chi connectivity index (χ0) is 15.7. The summed E-state index contributed by atoms with van der Waals surface area (Å²) in [5.41, 5.74) is 6.53. The van der Waals surface area contributed by atoms with Gasteiger partial charge in [-0.1, -0.05) is 6.07 Å². The van der Waals surface area contributed by atoms with E-state index in [9.17, 15) is 4.79 Å². The van der Waals surface area contributed by atoms with E-state index in [1.807, 2.05) is 33.0 Å². The summed E-state index contributed by atoms with van der Waals surface area (Å²) in [6, 6.07) is 3.97. The Morgan fingerprint density at radius 2 is 2.05 bits per heavy atom. The number of carbonyl (C=O) groups is 1. The quantitative estimate of drug-likeness (QED) is 0.835. The van der Waals surface area contributed by atoms with Crippen LogP contribution in [0.5, 0.6) is 0 Å². The molecule has 1 saturated heterocycles. The molecule has 0 amide bonds. The average Bonchev–Trinajstić information content (AvgIpc) is 2.42. The topological polar surface area (TPSA) is 77.2 Å². The molecule has 2 rings (SSSR count). The van der Waals surface area contributed by atoms with Crippen LogP contribution in [0.4, 0.5) is 5.82 Å². The molecule has 0 unspecified atom stereocenters. The first-order valence-electron chi connectivity index (χ1n) is 7.43. The summed E-state index contributed by atoms with van der Waals surface area (Å²) < 4.78 is 4.55. The molecule has 0 spiro atoms. The highest BCUT2D eigenvalue weighted by molar-refractivity contribution is 5.37. The standard InChI is InChI=1S/C11H17N3.C5H10O2/c12-11-2-1-10(8-14-11)7-9-3-5-13-6-4-9;1-5(2,3)7-4-6/h1-2,8-9,13H,3-7H2,(H2,12,14);4H,1-3H3. The molecule has 1 aliphatic heterocycles. The van der Waals surface area contributed by atoms with Crippen molar-refractivity contribution in [2.75, 3.05) is 18.8 Å². The van der Waals surface area contributed by atoms with E-state index in [2.05, 4.69) is 21.1 Å². The van der Waals surface area contributed by atoms with Gasteiger partial charge in [-0.3, -0.25) is 4.79 Å². The Hall–Kier alpha value is -1.62. The second kappa shape index (κ2) is 8.62. The first-order valence-corrected chi connectivity index (χ1v) is 7.43. The van der Waals surface area contributed by atoms with Crippen molar-refractivity contribution in [3.63, 3.8) is 0 Å². The Labute approximate surface area is 127 Å². The maximum atomic E-state index is 9.60. The van der Waals surface area contributed by atoms with Crippen LogP contribution < -0.4 is 11.1 Å². The van der Waals surface area contributed by atoms with Gasteiger partial charge in [-0.2, -0.15) is 0 Å². The normalized spacial score (nSPS) is 15.8. The molecule has 1 aromatic rings. The van der Waals surface area contributed by atoms with E-state index < -0.39 is 0 Å². The van der Waals surface area contributed by atoms with E-state index in [1.54, 1.807) is 0 Å². The number of anilines is 1. The van der Waals surface area contributed by atoms with Crippen LogP contribution in [0.1, 0.15) is 39.2 Å². The molecule has 0 radical (unpaired) electrons. The van der Waals surface area contributed by atoms with E-state index in [-0.39, 0.29) is 5.60 Å². The van der Waals surface area contributed by atoms with Crippen LogP contribution in [0.2, 0.25) is 0 Å².